The predicted molar refractivity (Wildman–Crippen MR) is 89.4 cm³/mol. The van der Waals surface area contributed by atoms with E-state index in [9.17, 15) is 4.79 Å². The average molecular weight is 303 g/mol. The van der Waals surface area contributed by atoms with Crippen molar-refractivity contribution in [2.24, 2.45) is 0 Å². The summed E-state index contributed by atoms with van der Waals surface area (Å²) in [7, 11) is -0.398. The molecule has 1 saturated heterocycles. The fourth-order valence-electron chi connectivity index (χ4n) is 2.18. The Labute approximate surface area is 133 Å². The number of nitrogens with one attached hydrogen (secondary N) is 1. The molecular formula is C17H26BNO3. The van der Waals surface area contributed by atoms with Gasteiger partial charge in [-0.25, -0.2) is 0 Å². The summed E-state index contributed by atoms with van der Waals surface area (Å²) in [6.07, 6.45) is 0. The summed E-state index contributed by atoms with van der Waals surface area (Å²) in [5.74, 6) is -0.0760. The summed E-state index contributed by atoms with van der Waals surface area (Å²) < 4.78 is 12.0. The minimum absolute atomic E-state index is 0.0760. The second-order valence-corrected chi connectivity index (χ2v) is 7.91. The minimum Gasteiger partial charge on any atom is -0.399 e. The molecule has 1 aromatic carbocycles. The fourth-order valence-corrected chi connectivity index (χ4v) is 2.18. The summed E-state index contributed by atoms with van der Waals surface area (Å²) in [5, 5.41) is 2.95. The molecule has 1 heterocycles. The number of carbonyl (C=O) groups excluding carboxylic acids is 1. The van der Waals surface area contributed by atoms with Crippen molar-refractivity contribution in [2.45, 2.75) is 65.2 Å². The van der Waals surface area contributed by atoms with Crippen molar-refractivity contribution in [2.75, 3.05) is 0 Å². The lowest BCUT2D eigenvalue weighted by Crippen LogP contribution is -2.41. The van der Waals surface area contributed by atoms with Gasteiger partial charge >= 0.3 is 7.12 Å². The second kappa shape index (κ2) is 5.39. The van der Waals surface area contributed by atoms with Crippen LogP contribution in [0.2, 0.25) is 0 Å². The normalized spacial score (nSPS) is 20.0. The van der Waals surface area contributed by atoms with Gasteiger partial charge < -0.3 is 14.6 Å². The molecule has 22 heavy (non-hydrogen) atoms. The molecule has 0 aliphatic carbocycles. The summed E-state index contributed by atoms with van der Waals surface area (Å²) in [5.41, 5.74) is 0.586. The molecule has 1 aromatic rings. The smallest absolute Gasteiger partial charge is 0.399 e. The maximum Gasteiger partial charge on any atom is 0.494 e. The monoisotopic (exact) mass is 303 g/mol. The first-order valence-electron chi connectivity index (χ1n) is 7.69. The molecular weight excluding hydrogens is 277 g/mol. The molecule has 120 valence electrons. The number of amides is 1. The third-order valence-corrected chi connectivity index (χ3v) is 4.19. The summed E-state index contributed by atoms with van der Waals surface area (Å²) in [6.45, 7) is 14.0. The van der Waals surface area contributed by atoms with E-state index in [2.05, 4.69) is 5.32 Å². The Balaban J connectivity index is 2.12. The van der Waals surface area contributed by atoms with E-state index in [1.54, 1.807) is 12.1 Å². The molecule has 0 atom stereocenters. The molecule has 0 unspecified atom stereocenters. The molecule has 0 spiro atoms. The number of carbonyl (C=O) groups is 1. The Kier molecular flexibility index (Phi) is 4.17. The molecule has 0 bridgehead atoms. The quantitative estimate of drug-likeness (QED) is 0.854. The van der Waals surface area contributed by atoms with Gasteiger partial charge in [-0.3, -0.25) is 4.79 Å². The predicted octanol–water partition coefficient (Wildman–Crippen LogP) is 2.51. The van der Waals surface area contributed by atoms with Gasteiger partial charge in [-0.1, -0.05) is 12.1 Å². The van der Waals surface area contributed by atoms with Crippen LogP contribution >= 0.6 is 0 Å². The second-order valence-electron chi connectivity index (χ2n) is 7.91. The van der Waals surface area contributed by atoms with E-state index in [1.807, 2.05) is 60.6 Å². The third-order valence-electron chi connectivity index (χ3n) is 4.19. The molecule has 2 rings (SSSR count). The van der Waals surface area contributed by atoms with Crippen molar-refractivity contribution in [3.05, 3.63) is 29.8 Å². The molecule has 1 fully saturated rings. The lowest BCUT2D eigenvalue weighted by atomic mass is 9.79. The lowest BCUT2D eigenvalue weighted by molar-refractivity contribution is 0.00578. The highest BCUT2D eigenvalue weighted by molar-refractivity contribution is 6.62. The summed E-state index contributed by atoms with van der Waals surface area (Å²) in [4.78, 5) is 12.1. The van der Waals surface area contributed by atoms with Gasteiger partial charge in [0.1, 0.15) is 0 Å². The molecule has 0 aromatic heterocycles. The van der Waals surface area contributed by atoms with Crippen molar-refractivity contribution in [3.8, 4) is 0 Å². The van der Waals surface area contributed by atoms with E-state index in [1.165, 1.54) is 0 Å². The first kappa shape index (κ1) is 17.0. The van der Waals surface area contributed by atoms with E-state index in [-0.39, 0.29) is 22.6 Å². The molecule has 1 aliphatic rings. The Bertz CT molecular complexity index is 542. The van der Waals surface area contributed by atoms with Crippen LogP contribution in [0, 0.1) is 0 Å². The van der Waals surface area contributed by atoms with Crippen LogP contribution in [0.4, 0.5) is 0 Å². The average Bonchev–Trinajstić information content (AvgIpc) is 2.56. The Morgan fingerprint density at radius 2 is 1.45 bits per heavy atom. The van der Waals surface area contributed by atoms with Gasteiger partial charge in [-0.2, -0.15) is 0 Å². The van der Waals surface area contributed by atoms with Gasteiger partial charge in [-0.15, -0.1) is 0 Å². The molecule has 0 radical (unpaired) electrons. The zero-order valence-electron chi connectivity index (χ0n) is 14.6. The lowest BCUT2D eigenvalue weighted by Gasteiger charge is -2.32. The van der Waals surface area contributed by atoms with Gasteiger partial charge in [0.15, 0.2) is 0 Å². The fraction of sp³-hybridized carbons (Fsp3) is 0.588. The topological polar surface area (TPSA) is 47.6 Å². The van der Waals surface area contributed by atoms with Gasteiger partial charge in [-0.05, 0) is 66.1 Å². The SMILES string of the molecule is CC(C)(C)NC(=O)c1ccc(B2OC(C)(C)C(C)(C)O2)cc1. The number of rotatable bonds is 2. The van der Waals surface area contributed by atoms with Gasteiger partial charge in [0.25, 0.3) is 5.91 Å². The van der Waals surface area contributed by atoms with Gasteiger partial charge in [0.2, 0.25) is 0 Å². The number of hydrogen-bond donors (Lipinski definition) is 1. The van der Waals surface area contributed by atoms with Crippen molar-refractivity contribution >= 4 is 18.5 Å². The Morgan fingerprint density at radius 1 is 1.00 bits per heavy atom. The van der Waals surface area contributed by atoms with Gasteiger partial charge in [0, 0.05) is 11.1 Å². The highest BCUT2D eigenvalue weighted by Gasteiger charge is 2.51. The van der Waals surface area contributed by atoms with Crippen LogP contribution in [-0.2, 0) is 9.31 Å². The van der Waals surface area contributed by atoms with Crippen LogP contribution in [0.25, 0.3) is 0 Å². The molecule has 1 aliphatic heterocycles. The van der Waals surface area contributed by atoms with E-state index in [4.69, 9.17) is 9.31 Å². The van der Waals surface area contributed by atoms with E-state index < -0.39 is 7.12 Å². The van der Waals surface area contributed by atoms with Crippen molar-refractivity contribution in [1.29, 1.82) is 0 Å². The minimum atomic E-state index is -0.398. The van der Waals surface area contributed by atoms with Crippen LogP contribution in [0.5, 0.6) is 0 Å². The Morgan fingerprint density at radius 3 is 1.86 bits per heavy atom. The molecule has 1 N–H and O–H groups in total. The van der Waals surface area contributed by atoms with Crippen LogP contribution < -0.4 is 10.8 Å². The summed E-state index contributed by atoms with van der Waals surface area (Å²) >= 11 is 0. The van der Waals surface area contributed by atoms with Crippen LogP contribution in [-0.4, -0.2) is 29.8 Å². The van der Waals surface area contributed by atoms with Crippen molar-refractivity contribution < 1.29 is 14.1 Å². The zero-order valence-corrected chi connectivity index (χ0v) is 14.6. The number of benzene rings is 1. The third kappa shape index (κ3) is 3.53. The Hall–Kier alpha value is -1.33. The largest absolute Gasteiger partial charge is 0.494 e. The summed E-state index contributed by atoms with van der Waals surface area (Å²) in [6, 6.07) is 7.39. The van der Waals surface area contributed by atoms with Crippen LogP contribution in [0.15, 0.2) is 24.3 Å². The first-order valence-corrected chi connectivity index (χ1v) is 7.69. The maximum atomic E-state index is 12.1. The van der Waals surface area contributed by atoms with Crippen LogP contribution in [0.1, 0.15) is 58.8 Å². The van der Waals surface area contributed by atoms with Crippen LogP contribution in [0.3, 0.4) is 0 Å². The van der Waals surface area contributed by atoms with Crippen molar-refractivity contribution in [1.82, 2.24) is 5.32 Å². The zero-order chi connectivity index (χ0) is 16.8. The molecule has 0 saturated carbocycles. The first-order chi connectivity index (χ1) is 9.91. The van der Waals surface area contributed by atoms with Crippen molar-refractivity contribution in [3.63, 3.8) is 0 Å². The van der Waals surface area contributed by atoms with Gasteiger partial charge in [0.05, 0.1) is 11.2 Å². The standard InChI is InChI=1S/C17H26BNO3/c1-15(2,3)19-14(20)12-8-10-13(11-9-12)18-21-16(4,5)17(6,7)22-18/h8-11H,1-7H3,(H,19,20). The van der Waals surface area contributed by atoms with E-state index in [0.29, 0.717) is 5.56 Å². The highest BCUT2D eigenvalue weighted by Crippen LogP contribution is 2.36. The highest BCUT2D eigenvalue weighted by atomic mass is 16.7. The van der Waals surface area contributed by atoms with E-state index in [0.717, 1.165) is 5.46 Å². The molecule has 4 nitrogen and oxygen atoms in total. The maximum absolute atomic E-state index is 12.1. The molecule has 5 heteroatoms. The number of hydrogen-bond acceptors (Lipinski definition) is 3. The van der Waals surface area contributed by atoms with E-state index >= 15 is 0 Å². The molecule has 1 amide bonds.